The van der Waals surface area contributed by atoms with Crippen molar-refractivity contribution >= 4 is 11.6 Å². The van der Waals surface area contributed by atoms with E-state index in [-0.39, 0.29) is 5.82 Å². The molecular weight excluding hydrogens is 227 g/mol. The monoisotopic (exact) mass is 235 g/mol. The molecule has 2 aromatic rings. The average molecular weight is 236 g/mol. The Morgan fingerprint density at radius 3 is 2.81 bits per heavy atom. The van der Waals surface area contributed by atoms with Crippen molar-refractivity contribution in [3.05, 3.63) is 53.3 Å². The van der Waals surface area contributed by atoms with Crippen LogP contribution in [0.3, 0.4) is 0 Å². The first-order valence-electron chi connectivity index (χ1n) is 4.72. The third kappa shape index (κ3) is 2.02. The van der Waals surface area contributed by atoms with Crippen molar-refractivity contribution < 1.29 is 9.13 Å². The SMILES string of the molecule is COc1[c]cccc1-c1cc(F)ccc1Cl. The minimum atomic E-state index is -0.328. The molecule has 0 fully saturated rings. The maximum absolute atomic E-state index is 13.2. The van der Waals surface area contributed by atoms with Crippen molar-refractivity contribution in [3.63, 3.8) is 0 Å². The van der Waals surface area contributed by atoms with E-state index in [2.05, 4.69) is 6.07 Å². The van der Waals surface area contributed by atoms with Crippen LogP contribution in [0.15, 0.2) is 36.4 Å². The zero-order chi connectivity index (χ0) is 11.5. The number of ether oxygens (including phenoxy) is 1. The summed E-state index contributed by atoms with van der Waals surface area (Å²) >= 11 is 6.02. The quantitative estimate of drug-likeness (QED) is 0.766. The number of hydrogen-bond acceptors (Lipinski definition) is 1. The van der Waals surface area contributed by atoms with Gasteiger partial charge in [-0.05, 0) is 18.2 Å². The molecule has 0 saturated carbocycles. The first-order chi connectivity index (χ1) is 7.72. The van der Waals surface area contributed by atoms with Gasteiger partial charge in [0.2, 0.25) is 0 Å². The fourth-order valence-corrected chi connectivity index (χ4v) is 1.73. The lowest BCUT2D eigenvalue weighted by Gasteiger charge is -2.09. The number of hydrogen-bond donors (Lipinski definition) is 0. The molecule has 0 aliphatic rings. The molecule has 0 heterocycles. The van der Waals surface area contributed by atoms with E-state index in [1.54, 1.807) is 19.2 Å². The molecule has 16 heavy (non-hydrogen) atoms. The number of rotatable bonds is 2. The van der Waals surface area contributed by atoms with Crippen LogP contribution >= 0.6 is 11.6 Å². The van der Waals surface area contributed by atoms with Gasteiger partial charge in [0.15, 0.2) is 0 Å². The van der Waals surface area contributed by atoms with Gasteiger partial charge < -0.3 is 4.74 Å². The van der Waals surface area contributed by atoms with Crippen LogP contribution < -0.4 is 4.74 Å². The Labute approximate surface area is 98.4 Å². The molecule has 3 heteroatoms. The number of para-hydroxylation sites is 1. The van der Waals surface area contributed by atoms with E-state index in [0.29, 0.717) is 16.3 Å². The van der Waals surface area contributed by atoms with E-state index in [9.17, 15) is 4.39 Å². The third-order valence-electron chi connectivity index (χ3n) is 2.24. The molecule has 0 aliphatic heterocycles. The van der Waals surface area contributed by atoms with Crippen LogP contribution in [0.2, 0.25) is 5.02 Å². The van der Waals surface area contributed by atoms with Gasteiger partial charge in [-0.25, -0.2) is 4.39 Å². The Balaban J connectivity index is 2.62. The minimum Gasteiger partial charge on any atom is -0.495 e. The topological polar surface area (TPSA) is 9.23 Å². The number of benzene rings is 2. The highest BCUT2D eigenvalue weighted by molar-refractivity contribution is 6.33. The van der Waals surface area contributed by atoms with Gasteiger partial charge in [0.1, 0.15) is 11.6 Å². The summed E-state index contributed by atoms with van der Waals surface area (Å²) in [5, 5.41) is 0.485. The van der Waals surface area contributed by atoms with Crippen molar-refractivity contribution in [3.8, 4) is 16.9 Å². The van der Waals surface area contributed by atoms with Gasteiger partial charge in [-0.2, -0.15) is 0 Å². The summed E-state index contributed by atoms with van der Waals surface area (Å²) in [6.45, 7) is 0. The molecule has 0 spiro atoms. The van der Waals surface area contributed by atoms with Crippen LogP contribution in [0.25, 0.3) is 11.1 Å². The first kappa shape index (κ1) is 11.0. The zero-order valence-electron chi connectivity index (χ0n) is 8.63. The van der Waals surface area contributed by atoms with Crippen molar-refractivity contribution in [2.75, 3.05) is 7.11 Å². The predicted molar refractivity (Wildman–Crippen MR) is 62.2 cm³/mol. The van der Waals surface area contributed by atoms with Crippen molar-refractivity contribution in [1.29, 1.82) is 0 Å². The van der Waals surface area contributed by atoms with Crippen LogP contribution in [0, 0.1) is 11.9 Å². The molecule has 0 aliphatic carbocycles. The molecule has 0 bridgehead atoms. The normalized spacial score (nSPS) is 10.2. The van der Waals surface area contributed by atoms with E-state index >= 15 is 0 Å². The minimum absolute atomic E-state index is 0.328. The largest absolute Gasteiger partial charge is 0.495 e. The van der Waals surface area contributed by atoms with E-state index < -0.39 is 0 Å². The summed E-state index contributed by atoms with van der Waals surface area (Å²) in [6.07, 6.45) is 0. The summed E-state index contributed by atoms with van der Waals surface area (Å²) in [7, 11) is 1.54. The van der Waals surface area contributed by atoms with E-state index in [1.165, 1.54) is 18.2 Å². The molecular formula is C13H9ClFO. The lowest BCUT2D eigenvalue weighted by atomic mass is 10.0. The molecule has 0 saturated heterocycles. The van der Waals surface area contributed by atoms with Gasteiger partial charge in [0.25, 0.3) is 0 Å². The highest BCUT2D eigenvalue weighted by Crippen LogP contribution is 2.34. The molecule has 1 nitrogen and oxygen atoms in total. The summed E-state index contributed by atoms with van der Waals surface area (Å²) < 4.78 is 18.3. The van der Waals surface area contributed by atoms with E-state index in [0.717, 1.165) is 5.56 Å². The maximum Gasteiger partial charge on any atom is 0.134 e. The van der Waals surface area contributed by atoms with Crippen LogP contribution in [-0.2, 0) is 0 Å². The lowest BCUT2D eigenvalue weighted by molar-refractivity contribution is 0.415. The molecule has 0 atom stereocenters. The second-order valence-corrected chi connectivity index (χ2v) is 3.65. The molecule has 2 rings (SSSR count). The van der Waals surface area contributed by atoms with Crippen molar-refractivity contribution in [2.45, 2.75) is 0 Å². The Morgan fingerprint density at radius 1 is 1.25 bits per heavy atom. The molecule has 1 radical (unpaired) electrons. The maximum atomic E-state index is 13.2. The van der Waals surface area contributed by atoms with Gasteiger partial charge in [0, 0.05) is 22.2 Å². The van der Waals surface area contributed by atoms with Crippen LogP contribution in [-0.4, -0.2) is 7.11 Å². The van der Waals surface area contributed by atoms with Gasteiger partial charge in [-0.15, -0.1) is 0 Å². The predicted octanol–water partition coefficient (Wildman–Crippen LogP) is 3.95. The smallest absolute Gasteiger partial charge is 0.134 e. The third-order valence-corrected chi connectivity index (χ3v) is 2.57. The standard InChI is InChI=1S/C13H9ClFO/c1-16-13-5-3-2-4-10(13)11-8-9(15)6-7-12(11)14/h2-4,6-8H,1H3. The van der Waals surface area contributed by atoms with Crippen LogP contribution in [0.1, 0.15) is 0 Å². The highest BCUT2D eigenvalue weighted by Gasteiger charge is 2.09. The van der Waals surface area contributed by atoms with Crippen LogP contribution in [0.4, 0.5) is 4.39 Å². The summed E-state index contributed by atoms with van der Waals surface area (Å²) in [5.74, 6) is 0.223. The number of methoxy groups -OCH3 is 1. The number of halogens is 2. The van der Waals surface area contributed by atoms with Crippen molar-refractivity contribution in [1.82, 2.24) is 0 Å². The molecule has 0 aromatic heterocycles. The van der Waals surface area contributed by atoms with Crippen LogP contribution in [0.5, 0.6) is 5.75 Å². The molecule has 81 valence electrons. The zero-order valence-corrected chi connectivity index (χ0v) is 9.38. The summed E-state index contributed by atoms with van der Waals surface area (Å²) in [6, 6.07) is 12.5. The van der Waals surface area contributed by atoms with E-state index in [4.69, 9.17) is 16.3 Å². The van der Waals surface area contributed by atoms with Gasteiger partial charge >= 0.3 is 0 Å². The fourth-order valence-electron chi connectivity index (χ4n) is 1.51. The second kappa shape index (κ2) is 4.54. The Hall–Kier alpha value is -1.54. The van der Waals surface area contributed by atoms with E-state index in [1.807, 2.05) is 6.07 Å². The Kier molecular flexibility index (Phi) is 3.11. The first-order valence-corrected chi connectivity index (χ1v) is 5.10. The van der Waals surface area contributed by atoms with Gasteiger partial charge in [-0.1, -0.05) is 29.8 Å². The van der Waals surface area contributed by atoms with Gasteiger partial charge in [0.05, 0.1) is 7.11 Å². The molecule has 0 amide bonds. The summed E-state index contributed by atoms with van der Waals surface area (Å²) in [4.78, 5) is 0. The second-order valence-electron chi connectivity index (χ2n) is 3.24. The lowest BCUT2D eigenvalue weighted by Crippen LogP contribution is -1.89. The highest BCUT2D eigenvalue weighted by atomic mass is 35.5. The fraction of sp³-hybridized carbons (Fsp3) is 0.0769. The Bertz CT molecular complexity index is 511. The van der Waals surface area contributed by atoms with Crippen molar-refractivity contribution in [2.24, 2.45) is 0 Å². The molecule has 0 N–H and O–H groups in total. The summed E-state index contributed by atoms with van der Waals surface area (Å²) in [5.41, 5.74) is 1.34. The molecule has 0 unspecified atom stereocenters. The Morgan fingerprint density at radius 2 is 2.06 bits per heavy atom. The average Bonchev–Trinajstić information content (AvgIpc) is 2.32. The molecule has 2 aromatic carbocycles. The van der Waals surface area contributed by atoms with Gasteiger partial charge in [-0.3, -0.25) is 0 Å².